The molecule has 0 aromatic heterocycles. The van der Waals surface area contributed by atoms with E-state index in [1.165, 1.54) is 16.7 Å². The molecule has 0 unspecified atom stereocenters. The van der Waals surface area contributed by atoms with Crippen molar-refractivity contribution in [3.05, 3.63) is 42.0 Å². The van der Waals surface area contributed by atoms with E-state index >= 15 is 0 Å². The highest BCUT2D eigenvalue weighted by Gasteiger charge is 1.96. The van der Waals surface area contributed by atoms with Crippen molar-refractivity contribution >= 4 is 5.57 Å². The highest BCUT2D eigenvalue weighted by molar-refractivity contribution is 5.63. The molecule has 0 aliphatic rings. The second-order valence-electron chi connectivity index (χ2n) is 2.86. The van der Waals surface area contributed by atoms with Crippen LogP contribution in [-0.2, 0) is 6.54 Å². The molecule has 0 amide bonds. The van der Waals surface area contributed by atoms with Crippen LogP contribution in [0.3, 0.4) is 0 Å². The molecule has 64 valence electrons. The van der Waals surface area contributed by atoms with Crippen LogP contribution in [0.1, 0.15) is 24.5 Å². The van der Waals surface area contributed by atoms with Crippen molar-refractivity contribution in [1.29, 1.82) is 0 Å². The van der Waals surface area contributed by atoms with Gasteiger partial charge in [-0.1, -0.05) is 37.8 Å². The molecule has 12 heavy (non-hydrogen) atoms. The average Bonchev–Trinajstić information content (AvgIpc) is 2.17. The molecule has 0 aliphatic heterocycles. The number of hydrogen-bond acceptors (Lipinski definition) is 1. The maximum Gasteiger partial charge on any atom is 0.0178 e. The Kier molecular flexibility index (Phi) is 3.06. The minimum atomic E-state index is 0.602. The minimum absolute atomic E-state index is 0.602. The first-order valence-corrected chi connectivity index (χ1v) is 4.25. The fraction of sp³-hybridized carbons (Fsp3) is 0.273. The normalized spacial score (nSPS) is 9.83. The van der Waals surface area contributed by atoms with Crippen molar-refractivity contribution in [2.75, 3.05) is 0 Å². The third-order valence-electron chi connectivity index (χ3n) is 2.00. The molecule has 0 saturated heterocycles. The van der Waals surface area contributed by atoms with Crippen molar-refractivity contribution < 1.29 is 0 Å². The Morgan fingerprint density at radius 1 is 1.50 bits per heavy atom. The molecule has 2 N–H and O–H groups in total. The van der Waals surface area contributed by atoms with E-state index in [-0.39, 0.29) is 0 Å². The molecule has 0 spiro atoms. The summed E-state index contributed by atoms with van der Waals surface area (Å²) < 4.78 is 0. The van der Waals surface area contributed by atoms with Crippen LogP contribution in [0.15, 0.2) is 30.8 Å². The molecule has 0 radical (unpaired) electrons. The summed E-state index contributed by atoms with van der Waals surface area (Å²) in [7, 11) is 0. The molecule has 0 fully saturated rings. The monoisotopic (exact) mass is 161 g/mol. The summed E-state index contributed by atoms with van der Waals surface area (Å²) in [6, 6.07) is 8.24. The number of hydrogen-bond donors (Lipinski definition) is 1. The first-order valence-electron chi connectivity index (χ1n) is 4.25. The van der Waals surface area contributed by atoms with Crippen molar-refractivity contribution in [2.24, 2.45) is 5.73 Å². The largest absolute Gasteiger partial charge is 0.326 e. The smallest absolute Gasteiger partial charge is 0.0178 e. The van der Waals surface area contributed by atoms with Gasteiger partial charge in [0.1, 0.15) is 0 Å². The fourth-order valence-corrected chi connectivity index (χ4v) is 1.12. The third kappa shape index (κ3) is 1.95. The van der Waals surface area contributed by atoms with Crippen LogP contribution < -0.4 is 5.73 Å². The van der Waals surface area contributed by atoms with Gasteiger partial charge in [-0.25, -0.2) is 0 Å². The Hall–Kier alpha value is -1.08. The third-order valence-corrected chi connectivity index (χ3v) is 2.00. The second kappa shape index (κ2) is 4.07. The zero-order chi connectivity index (χ0) is 8.97. The highest BCUT2D eigenvalue weighted by Crippen LogP contribution is 2.16. The summed E-state index contributed by atoms with van der Waals surface area (Å²) in [5.41, 5.74) is 9.08. The van der Waals surface area contributed by atoms with Gasteiger partial charge < -0.3 is 5.73 Å². The van der Waals surface area contributed by atoms with Gasteiger partial charge in [-0.15, -0.1) is 0 Å². The van der Waals surface area contributed by atoms with Crippen LogP contribution in [0, 0.1) is 0 Å². The predicted octanol–water partition coefficient (Wildman–Crippen LogP) is 2.57. The maximum absolute atomic E-state index is 5.53. The van der Waals surface area contributed by atoms with Gasteiger partial charge in [0.2, 0.25) is 0 Å². The first-order chi connectivity index (χ1) is 5.77. The molecule has 0 bridgehead atoms. The van der Waals surface area contributed by atoms with E-state index in [1.54, 1.807) is 0 Å². The summed E-state index contributed by atoms with van der Waals surface area (Å²) >= 11 is 0. The molecule has 1 nitrogen and oxygen atoms in total. The molecule has 0 atom stereocenters. The van der Waals surface area contributed by atoms with Crippen LogP contribution in [0.25, 0.3) is 5.57 Å². The van der Waals surface area contributed by atoms with Gasteiger partial charge in [0.15, 0.2) is 0 Å². The Labute approximate surface area is 73.9 Å². The Morgan fingerprint density at radius 2 is 2.25 bits per heavy atom. The van der Waals surface area contributed by atoms with Crippen molar-refractivity contribution in [3.8, 4) is 0 Å². The lowest BCUT2D eigenvalue weighted by molar-refractivity contribution is 1.07. The summed E-state index contributed by atoms with van der Waals surface area (Å²) in [5, 5.41) is 0. The highest BCUT2D eigenvalue weighted by atomic mass is 14.5. The van der Waals surface area contributed by atoms with E-state index in [2.05, 4.69) is 25.6 Å². The van der Waals surface area contributed by atoms with Gasteiger partial charge in [0, 0.05) is 6.54 Å². The van der Waals surface area contributed by atoms with Crippen LogP contribution in [-0.4, -0.2) is 0 Å². The van der Waals surface area contributed by atoms with Gasteiger partial charge in [-0.2, -0.15) is 0 Å². The molecular formula is C11H15N. The fourth-order valence-electron chi connectivity index (χ4n) is 1.12. The van der Waals surface area contributed by atoms with Crippen LogP contribution in [0.4, 0.5) is 0 Å². The SMILES string of the molecule is C=C(CC)c1cccc(CN)c1. The van der Waals surface area contributed by atoms with Gasteiger partial charge >= 0.3 is 0 Å². The van der Waals surface area contributed by atoms with E-state index in [9.17, 15) is 0 Å². The standard InChI is InChI=1S/C11H15N/c1-3-9(2)11-6-4-5-10(7-11)8-12/h4-7H,2-3,8,12H2,1H3. The number of rotatable bonds is 3. The topological polar surface area (TPSA) is 26.0 Å². The predicted molar refractivity (Wildman–Crippen MR) is 53.7 cm³/mol. The lowest BCUT2D eigenvalue weighted by atomic mass is 10.0. The van der Waals surface area contributed by atoms with Gasteiger partial charge in [-0.05, 0) is 23.1 Å². The number of allylic oxidation sites excluding steroid dienone is 1. The average molecular weight is 161 g/mol. The number of nitrogens with two attached hydrogens (primary N) is 1. The molecule has 1 aromatic rings. The lowest BCUT2D eigenvalue weighted by Crippen LogP contribution is -1.96. The van der Waals surface area contributed by atoms with E-state index in [0.717, 1.165) is 6.42 Å². The van der Waals surface area contributed by atoms with Crippen molar-refractivity contribution in [2.45, 2.75) is 19.9 Å². The van der Waals surface area contributed by atoms with E-state index in [1.807, 2.05) is 12.1 Å². The second-order valence-corrected chi connectivity index (χ2v) is 2.86. The molecular weight excluding hydrogens is 146 g/mol. The zero-order valence-electron chi connectivity index (χ0n) is 7.51. The van der Waals surface area contributed by atoms with Gasteiger partial charge in [0.25, 0.3) is 0 Å². The summed E-state index contributed by atoms with van der Waals surface area (Å²) in [6.45, 7) is 6.69. The Balaban J connectivity index is 2.93. The Morgan fingerprint density at radius 3 is 2.83 bits per heavy atom. The molecule has 0 saturated carbocycles. The zero-order valence-corrected chi connectivity index (χ0v) is 7.51. The molecule has 1 aromatic carbocycles. The summed E-state index contributed by atoms with van der Waals surface area (Å²) in [6.07, 6.45) is 0.994. The van der Waals surface area contributed by atoms with E-state index in [0.29, 0.717) is 6.54 Å². The van der Waals surface area contributed by atoms with Gasteiger partial charge in [0.05, 0.1) is 0 Å². The first kappa shape index (κ1) is 9.01. The van der Waals surface area contributed by atoms with Crippen LogP contribution in [0.5, 0.6) is 0 Å². The van der Waals surface area contributed by atoms with E-state index < -0.39 is 0 Å². The lowest BCUT2D eigenvalue weighted by Gasteiger charge is -2.04. The summed E-state index contributed by atoms with van der Waals surface area (Å²) in [5.74, 6) is 0. The molecule has 0 aliphatic carbocycles. The van der Waals surface area contributed by atoms with Crippen LogP contribution >= 0.6 is 0 Å². The maximum atomic E-state index is 5.53. The quantitative estimate of drug-likeness (QED) is 0.724. The van der Waals surface area contributed by atoms with Crippen molar-refractivity contribution in [1.82, 2.24) is 0 Å². The Bertz CT molecular complexity index is 276. The molecule has 1 rings (SSSR count). The van der Waals surface area contributed by atoms with Crippen LogP contribution in [0.2, 0.25) is 0 Å². The molecule has 0 heterocycles. The summed E-state index contributed by atoms with van der Waals surface area (Å²) in [4.78, 5) is 0. The van der Waals surface area contributed by atoms with E-state index in [4.69, 9.17) is 5.73 Å². The minimum Gasteiger partial charge on any atom is -0.326 e. The van der Waals surface area contributed by atoms with Gasteiger partial charge in [-0.3, -0.25) is 0 Å². The molecule has 1 heteroatoms. The van der Waals surface area contributed by atoms with Crippen molar-refractivity contribution in [3.63, 3.8) is 0 Å². The number of benzene rings is 1.